The number of piperidine rings is 1. The molecule has 1 aromatic rings. The van der Waals surface area contributed by atoms with Crippen molar-refractivity contribution in [1.29, 1.82) is 0 Å². The van der Waals surface area contributed by atoms with Crippen LogP contribution in [0.1, 0.15) is 37.3 Å². The van der Waals surface area contributed by atoms with Gasteiger partial charge in [0.05, 0.1) is 16.1 Å². The van der Waals surface area contributed by atoms with Crippen LogP contribution in [0.3, 0.4) is 0 Å². The van der Waals surface area contributed by atoms with Gasteiger partial charge in [0.25, 0.3) is 0 Å². The van der Waals surface area contributed by atoms with E-state index in [0.29, 0.717) is 41.5 Å². The van der Waals surface area contributed by atoms with Gasteiger partial charge in [-0.2, -0.15) is 0 Å². The number of nitrogens with two attached hydrogens (primary N) is 1. The molecule has 1 amide bonds. The number of phenolic OH excluding ortho intramolecular Hbond substituents is 1. The fraction of sp³-hybridized carbons (Fsp3) is 0.588. The van der Waals surface area contributed by atoms with Crippen molar-refractivity contribution in [3.63, 3.8) is 0 Å². The lowest BCUT2D eigenvalue weighted by atomic mass is 9.80. The standard InChI is InChI=1S/C17H22Cl2N2O3/c18-13-7-12(15(23)8-14(13)19)16(20)9-1-3-21(4-2-9)17(24)10-5-11(22)6-10/h7-11,16,22-23H,1-6,20H2/t10-,11-,16-/m1/s1. The van der Waals surface area contributed by atoms with Gasteiger partial charge in [-0.05, 0) is 37.7 Å². The van der Waals surface area contributed by atoms with Crippen LogP contribution in [0.15, 0.2) is 12.1 Å². The Morgan fingerprint density at radius 2 is 1.79 bits per heavy atom. The molecule has 1 saturated heterocycles. The summed E-state index contributed by atoms with van der Waals surface area (Å²) in [5, 5.41) is 20.1. The van der Waals surface area contributed by atoms with E-state index in [-0.39, 0.29) is 35.6 Å². The van der Waals surface area contributed by atoms with Crippen molar-refractivity contribution >= 4 is 29.1 Å². The van der Waals surface area contributed by atoms with E-state index in [0.717, 1.165) is 12.8 Å². The number of amides is 1. The van der Waals surface area contributed by atoms with Gasteiger partial charge >= 0.3 is 0 Å². The van der Waals surface area contributed by atoms with E-state index in [2.05, 4.69) is 0 Å². The van der Waals surface area contributed by atoms with E-state index in [1.54, 1.807) is 6.07 Å². The molecule has 5 nitrogen and oxygen atoms in total. The summed E-state index contributed by atoms with van der Waals surface area (Å²) in [5.74, 6) is 0.345. The van der Waals surface area contributed by atoms with Crippen LogP contribution in [0.25, 0.3) is 0 Å². The molecule has 0 radical (unpaired) electrons. The highest BCUT2D eigenvalue weighted by molar-refractivity contribution is 6.42. The molecule has 3 rings (SSSR count). The summed E-state index contributed by atoms with van der Waals surface area (Å²) in [5.41, 5.74) is 6.92. The van der Waals surface area contributed by atoms with E-state index >= 15 is 0 Å². The highest BCUT2D eigenvalue weighted by Crippen LogP contribution is 2.38. The van der Waals surface area contributed by atoms with Crippen LogP contribution < -0.4 is 5.73 Å². The SMILES string of the molecule is N[C@@H](c1cc(Cl)c(Cl)cc1O)C1CCN(C(=O)[C@H]2C[C@H](O)C2)CC1. The van der Waals surface area contributed by atoms with E-state index < -0.39 is 0 Å². The zero-order valence-electron chi connectivity index (χ0n) is 13.3. The lowest BCUT2D eigenvalue weighted by molar-refractivity contribution is -0.143. The van der Waals surface area contributed by atoms with Gasteiger partial charge in [-0.15, -0.1) is 0 Å². The molecule has 132 valence electrons. The maximum atomic E-state index is 12.3. The van der Waals surface area contributed by atoms with E-state index in [1.807, 2.05) is 4.90 Å². The quantitative estimate of drug-likeness (QED) is 0.760. The zero-order valence-corrected chi connectivity index (χ0v) is 14.8. The van der Waals surface area contributed by atoms with Crippen molar-refractivity contribution in [2.45, 2.75) is 37.8 Å². The number of aromatic hydroxyl groups is 1. The molecule has 2 fully saturated rings. The average Bonchev–Trinajstić information content (AvgIpc) is 2.54. The summed E-state index contributed by atoms with van der Waals surface area (Å²) in [6.07, 6.45) is 2.40. The Bertz CT molecular complexity index is 627. The monoisotopic (exact) mass is 372 g/mol. The Hall–Kier alpha value is -1.01. The number of nitrogens with zero attached hydrogens (tertiary/aromatic N) is 1. The van der Waals surface area contributed by atoms with Gasteiger partial charge in [-0.3, -0.25) is 4.79 Å². The molecule has 1 heterocycles. The largest absolute Gasteiger partial charge is 0.508 e. The zero-order chi connectivity index (χ0) is 17.4. The van der Waals surface area contributed by atoms with E-state index in [4.69, 9.17) is 28.9 Å². The predicted molar refractivity (Wildman–Crippen MR) is 93.1 cm³/mol. The third-order valence-electron chi connectivity index (χ3n) is 5.25. The molecular formula is C17H22Cl2N2O3. The number of carbonyl (C=O) groups is 1. The molecule has 7 heteroatoms. The number of rotatable bonds is 3. The Morgan fingerprint density at radius 3 is 2.38 bits per heavy atom. The molecule has 0 bridgehead atoms. The Labute approximate surface area is 151 Å². The highest BCUT2D eigenvalue weighted by Gasteiger charge is 2.37. The maximum absolute atomic E-state index is 12.3. The summed E-state index contributed by atoms with van der Waals surface area (Å²) < 4.78 is 0. The van der Waals surface area contributed by atoms with Crippen LogP contribution in [0.5, 0.6) is 5.75 Å². The van der Waals surface area contributed by atoms with Crippen LogP contribution in [-0.4, -0.2) is 40.2 Å². The molecule has 0 spiro atoms. The fourth-order valence-electron chi connectivity index (χ4n) is 3.60. The van der Waals surface area contributed by atoms with Crippen LogP contribution in [0, 0.1) is 11.8 Å². The summed E-state index contributed by atoms with van der Waals surface area (Å²) >= 11 is 11.9. The van der Waals surface area contributed by atoms with Gasteiger partial charge in [0.1, 0.15) is 5.75 Å². The molecular weight excluding hydrogens is 351 g/mol. The molecule has 1 atom stereocenters. The minimum atomic E-state index is -0.345. The van der Waals surface area contributed by atoms with Crippen molar-refractivity contribution < 1.29 is 15.0 Å². The third kappa shape index (κ3) is 3.49. The second-order valence-electron chi connectivity index (χ2n) is 6.84. The summed E-state index contributed by atoms with van der Waals surface area (Å²) in [6.45, 7) is 1.32. The van der Waals surface area contributed by atoms with Crippen molar-refractivity contribution in [3.8, 4) is 5.75 Å². The second kappa shape index (κ2) is 7.08. The van der Waals surface area contributed by atoms with Crippen molar-refractivity contribution in [2.75, 3.05) is 13.1 Å². The third-order valence-corrected chi connectivity index (χ3v) is 5.97. The Morgan fingerprint density at radius 1 is 1.21 bits per heavy atom. The van der Waals surface area contributed by atoms with Gasteiger partial charge in [-0.1, -0.05) is 23.2 Å². The first-order valence-electron chi connectivity index (χ1n) is 8.27. The van der Waals surface area contributed by atoms with Crippen molar-refractivity contribution in [3.05, 3.63) is 27.7 Å². The smallest absolute Gasteiger partial charge is 0.225 e. The Balaban J connectivity index is 1.60. The number of hydrogen-bond donors (Lipinski definition) is 3. The number of aliphatic hydroxyl groups excluding tert-OH is 1. The minimum Gasteiger partial charge on any atom is -0.508 e. The van der Waals surface area contributed by atoms with Crippen molar-refractivity contribution in [2.24, 2.45) is 17.6 Å². The summed E-state index contributed by atoms with van der Waals surface area (Å²) in [7, 11) is 0. The van der Waals surface area contributed by atoms with Crippen LogP contribution in [0.2, 0.25) is 10.0 Å². The normalized spacial score (nSPS) is 26.1. The molecule has 1 aliphatic carbocycles. The molecule has 24 heavy (non-hydrogen) atoms. The molecule has 0 aromatic heterocycles. The van der Waals surface area contributed by atoms with Crippen molar-refractivity contribution in [1.82, 2.24) is 4.90 Å². The molecule has 1 aliphatic heterocycles. The summed E-state index contributed by atoms with van der Waals surface area (Å²) in [4.78, 5) is 14.2. The number of hydrogen-bond acceptors (Lipinski definition) is 4. The molecule has 0 unspecified atom stereocenters. The number of phenols is 1. The lowest BCUT2D eigenvalue weighted by Gasteiger charge is -2.39. The van der Waals surface area contributed by atoms with Gasteiger partial charge in [0.15, 0.2) is 0 Å². The highest BCUT2D eigenvalue weighted by atomic mass is 35.5. The number of aliphatic hydroxyl groups is 1. The lowest BCUT2D eigenvalue weighted by Crippen LogP contribution is -2.47. The van der Waals surface area contributed by atoms with Crippen LogP contribution >= 0.6 is 23.2 Å². The number of benzene rings is 1. The maximum Gasteiger partial charge on any atom is 0.225 e. The first-order valence-corrected chi connectivity index (χ1v) is 9.02. The number of halogens is 2. The molecule has 2 aliphatic rings. The number of likely N-dealkylation sites (tertiary alicyclic amines) is 1. The van der Waals surface area contributed by atoms with Gasteiger partial charge in [0.2, 0.25) is 5.91 Å². The molecule has 1 saturated carbocycles. The summed E-state index contributed by atoms with van der Waals surface area (Å²) in [6, 6.07) is 2.69. The second-order valence-corrected chi connectivity index (χ2v) is 7.65. The fourth-order valence-corrected chi connectivity index (χ4v) is 3.93. The first kappa shape index (κ1) is 17.8. The van der Waals surface area contributed by atoms with Gasteiger partial charge in [0, 0.05) is 36.7 Å². The van der Waals surface area contributed by atoms with E-state index in [1.165, 1.54) is 6.07 Å². The number of carbonyl (C=O) groups excluding carboxylic acids is 1. The molecule has 4 N–H and O–H groups in total. The van der Waals surface area contributed by atoms with E-state index in [9.17, 15) is 15.0 Å². The Kier molecular flexibility index (Phi) is 5.25. The average molecular weight is 373 g/mol. The van der Waals surface area contributed by atoms with Gasteiger partial charge in [-0.25, -0.2) is 0 Å². The first-order chi connectivity index (χ1) is 11.4. The minimum absolute atomic E-state index is 0.0238. The van der Waals surface area contributed by atoms with Crippen LogP contribution in [0.4, 0.5) is 0 Å². The predicted octanol–water partition coefficient (Wildman–Crippen LogP) is 2.71. The molecule has 1 aromatic carbocycles. The van der Waals surface area contributed by atoms with Gasteiger partial charge < -0.3 is 20.8 Å². The topological polar surface area (TPSA) is 86.8 Å². The van der Waals surface area contributed by atoms with Crippen LogP contribution in [-0.2, 0) is 4.79 Å².